The Balaban J connectivity index is 1.95. The van der Waals surface area contributed by atoms with Crippen molar-refractivity contribution in [3.63, 3.8) is 0 Å². The lowest BCUT2D eigenvalue weighted by molar-refractivity contribution is 0.547. The van der Waals surface area contributed by atoms with E-state index in [1.807, 2.05) is 24.3 Å². The highest BCUT2D eigenvalue weighted by atomic mass is 79.9. The third kappa shape index (κ3) is 4.58. The van der Waals surface area contributed by atoms with E-state index >= 15 is 0 Å². The third-order valence-corrected chi connectivity index (χ3v) is 5.56. The van der Waals surface area contributed by atoms with Gasteiger partial charge >= 0.3 is 0 Å². The first kappa shape index (κ1) is 17.5. The molecule has 4 nitrogen and oxygen atoms in total. The van der Waals surface area contributed by atoms with E-state index in [0.717, 1.165) is 20.9 Å². The molecule has 2 aromatic carbocycles. The summed E-state index contributed by atoms with van der Waals surface area (Å²) in [5.41, 5.74) is 2.19. The maximum atomic E-state index is 12.1. The quantitative estimate of drug-likeness (QED) is 0.607. The zero-order valence-electron chi connectivity index (χ0n) is 12.7. The van der Waals surface area contributed by atoms with Crippen molar-refractivity contribution in [2.75, 3.05) is 7.05 Å². The maximum absolute atomic E-state index is 12.1. The summed E-state index contributed by atoms with van der Waals surface area (Å²) in [6, 6.07) is 16.9. The van der Waals surface area contributed by atoms with Gasteiger partial charge in [-0.05, 0) is 35.4 Å². The molecule has 0 heterocycles. The van der Waals surface area contributed by atoms with Crippen LogP contribution in [0.25, 0.3) is 0 Å². The van der Waals surface area contributed by atoms with Crippen molar-refractivity contribution >= 4 is 26.0 Å². The lowest BCUT2D eigenvalue weighted by Crippen LogP contribution is -2.21. The molecule has 0 aliphatic heterocycles. The van der Waals surface area contributed by atoms with Crippen LogP contribution in [-0.2, 0) is 23.1 Å². The first-order valence-corrected chi connectivity index (χ1v) is 9.16. The van der Waals surface area contributed by atoms with Crippen molar-refractivity contribution < 1.29 is 8.42 Å². The van der Waals surface area contributed by atoms with Crippen LogP contribution < -0.4 is 5.32 Å². The number of hydrogen-bond donors (Lipinski definition) is 1. The number of benzene rings is 2. The Morgan fingerprint density at radius 3 is 2.00 bits per heavy atom. The van der Waals surface area contributed by atoms with Gasteiger partial charge in [-0.25, -0.2) is 12.7 Å². The van der Waals surface area contributed by atoms with Crippen LogP contribution in [-0.4, -0.2) is 19.8 Å². The molecule has 0 atom stereocenters. The smallest absolute Gasteiger partial charge is 0.270 e. The van der Waals surface area contributed by atoms with Gasteiger partial charge in [-0.2, -0.15) is 0 Å². The number of sulfonamides is 1. The monoisotopic (exact) mass is 392 g/mol. The molecule has 0 saturated carbocycles. The van der Waals surface area contributed by atoms with Gasteiger partial charge in [-0.3, -0.25) is 0 Å². The van der Waals surface area contributed by atoms with E-state index in [0.29, 0.717) is 6.54 Å². The van der Waals surface area contributed by atoms with Crippen LogP contribution in [0.5, 0.6) is 0 Å². The van der Waals surface area contributed by atoms with Gasteiger partial charge in [0, 0.05) is 30.7 Å². The summed E-state index contributed by atoms with van der Waals surface area (Å²) < 4.78 is 26.0. The summed E-state index contributed by atoms with van der Waals surface area (Å²) >= 11 is 3.40. The number of hydrogen-bond acceptors (Lipinski definition) is 3. The van der Waals surface area contributed by atoms with Gasteiger partial charge in [0.05, 0.1) is 4.90 Å². The van der Waals surface area contributed by atoms with Crippen molar-refractivity contribution in [1.29, 1.82) is 0 Å². The zero-order chi connectivity index (χ0) is 16.9. The average Bonchev–Trinajstić information content (AvgIpc) is 2.56. The number of nitrogens with zero attached hydrogens (tertiary/aromatic N) is 1. The van der Waals surface area contributed by atoms with Crippen LogP contribution in [0.1, 0.15) is 11.1 Å². The second kappa shape index (κ2) is 7.64. The summed E-state index contributed by atoms with van der Waals surface area (Å²) in [5.74, 6) is 0. The topological polar surface area (TPSA) is 49.4 Å². The van der Waals surface area contributed by atoms with Gasteiger partial charge in [0.15, 0.2) is 0 Å². The van der Waals surface area contributed by atoms with E-state index < -0.39 is 10.0 Å². The van der Waals surface area contributed by atoms with Crippen LogP contribution in [0, 0.1) is 12.5 Å². The Morgan fingerprint density at radius 1 is 1.04 bits per heavy atom. The van der Waals surface area contributed by atoms with Gasteiger partial charge in [0.2, 0.25) is 0 Å². The Hall–Kier alpha value is -1.81. The van der Waals surface area contributed by atoms with Gasteiger partial charge in [-0.15, -0.1) is 0 Å². The van der Waals surface area contributed by atoms with E-state index in [4.69, 9.17) is 6.42 Å². The lowest BCUT2D eigenvalue weighted by Gasteiger charge is -2.12. The van der Waals surface area contributed by atoms with Crippen LogP contribution >= 0.6 is 15.9 Å². The van der Waals surface area contributed by atoms with Gasteiger partial charge in [0.25, 0.3) is 10.0 Å². The molecule has 0 radical (unpaired) electrons. The predicted molar refractivity (Wildman–Crippen MR) is 94.9 cm³/mol. The number of terminal acetylenes is 1. The summed E-state index contributed by atoms with van der Waals surface area (Å²) in [6.45, 7) is 1.40. The highest BCUT2D eigenvalue weighted by Gasteiger charge is 2.17. The third-order valence-electron chi connectivity index (χ3n) is 3.34. The number of nitrogens with one attached hydrogen (secondary N) is 1. The molecular formula is C17H17BrN2O2S. The molecular weight excluding hydrogens is 376 g/mol. The van der Waals surface area contributed by atoms with Gasteiger partial charge in [-0.1, -0.05) is 46.6 Å². The van der Waals surface area contributed by atoms with Crippen LogP contribution in [0.15, 0.2) is 57.9 Å². The van der Waals surface area contributed by atoms with Gasteiger partial charge < -0.3 is 5.32 Å². The van der Waals surface area contributed by atoms with E-state index in [-0.39, 0.29) is 4.90 Å². The predicted octanol–water partition coefficient (Wildman–Crippen LogP) is 2.95. The molecule has 23 heavy (non-hydrogen) atoms. The first-order chi connectivity index (χ1) is 10.9. The van der Waals surface area contributed by atoms with Crippen LogP contribution in [0.3, 0.4) is 0 Å². The fourth-order valence-electron chi connectivity index (χ4n) is 1.96. The van der Waals surface area contributed by atoms with E-state index in [1.54, 1.807) is 24.3 Å². The zero-order valence-corrected chi connectivity index (χ0v) is 15.1. The van der Waals surface area contributed by atoms with Crippen molar-refractivity contribution in [3.05, 3.63) is 64.1 Å². The van der Waals surface area contributed by atoms with Crippen LogP contribution in [0.2, 0.25) is 0 Å². The fourth-order valence-corrected chi connectivity index (χ4v) is 3.16. The molecule has 0 fully saturated rings. The highest BCUT2D eigenvalue weighted by Crippen LogP contribution is 2.15. The minimum absolute atomic E-state index is 0.189. The molecule has 0 bridgehead atoms. The molecule has 1 N–H and O–H groups in total. The van der Waals surface area contributed by atoms with Gasteiger partial charge in [0.1, 0.15) is 0 Å². The minimum Gasteiger partial charge on any atom is -0.309 e. The van der Waals surface area contributed by atoms with Crippen LogP contribution in [0.4, 0.5) is 0 Å². The minimum atomic E-state index is -3.60. The number of halogens is 1. The SMILES string of the molecule is C#CN(C)S(=O)(=O)c1ccc(CNCc2ccc(Br)cc2)cc1. The first-order valence-electron chi connectivity index (χ1n) is 6.93. The molecule has 0 saturated heterocycles. The fraction of sp³-hybridized carbons (Fsp3) is 0.176. The second-order valence-electron chi connectivity index (χ2n) is 4.98. The summed E-state index contributed by atoms with van der Waals surface area (Å²) in [7, 11) is -2.25. The molecule has 0 aliphatic rings. The molecule has 6 heteroatoms. The largest absolute Gasteiger partial charge is 0.309 e. The molecule has 0 aliphatic carbocycles. The molecule has 2 rings (SSSR count). The Bertz CT molecular complexity index is 794. The van der Waals surface area contributed by atoms with E-state index in [1.165, 1.54) is 12.6 Å². The molecule has 120 valence electrons. The lowest BCUT2D eigenvalue weighted by atomic mass is 10.2. The van der Waals surface area contributed by atoms with Crippen molar-refractivity contribution in [2.24, 2.45) is 0 Å². The summed E-state index contributed by atoms with van der Waals surface area (Å²) in [4.78, 5) is 0.189. The normalized spacial score (nSPS) is 11.0. The molecule has 2 aromatic rings. The van der Waals surface area contributed by atoms with Crippen molar-refractivity contribution in [3.8, 4) is 12.5 Å². The highest BCUT2D eigenvalue weighted by molar-refractivity contribution is 9.10. The Morgan fingerprint density at radius 2 is 1.52 bits per heavy atom. The molecule has 0 spiro atoms. The molecule has 0 aromatic heterocycles. The van der Waals surface area contributed by atoms with Crippen molar-refractivity contribution in [2.45, 2.75) is 18.0 Å². The molecule has 0 amide bonds. The Kier molecular flexibility index (Phi) is 5.83. The van der Waals surface area contributed by atoms with E-state index in [2.05, 4.69) is 27.3 Å². The van der Waals surface area contributed by atoms with E-state index in [9.17, 15) is 8.42 Å². The summed E-state index contributed by atoms with van der Waals surface area (Å²) in [6.07, 6.45) is 5.14. The summed E-state index contributed by atoms with van der Waals surface area (Å²) in [5, 5.41) is 3.32. The van der Waals surface area contributed by atoms with Crippen molar-refractivity contribution in [1.82, 2.24) is 9.62 Å². The molecule has 0 unspecified atom stereocenters. The maximum Gasteiger partial charge on any atom is 0.270 e. The standard InChI is InChI=1S/C17H17BrN2O2S/c1-3-20(2)23(21,22)17-10-6-15(7-11-17)13-19-12-14-4-8-16(18)9-5-14/h1,4-11,19H,12-13H2,2H3. The second-order valence-corrected chi connectivity index (χ2v) is 7.86. The number of rotatable bonds is 6. The Labute approximate surface area is 145 Å². The average molecular weight is 393 g/mol.